The Hall–Kier alpha value is -1.04. The van der Waals surface area contributed by atoms with Crippen molar-refractivity contribution in [2.75, 3.05) is 0 Å². The third-order valence-electron chi connectivity index (χ3n) is 1.48. The van der Waals surface area contributed by atoms with E-state index < -0.39 is 17.7 Å². The van der Waals surface area contributed by atoms with Crippen LogP contribution in [-0.2, 0) is 0 Å². The van der Waals surface area contributed by atoms with Crippen LogP contribution in [0.2, 0.25) is 0 Å². The molecule has 1 aromatic rings. The van der Waals surface area contributed by atoms with Gasteiger partial charge < -0.3 is 16.7 Å². The Bertz CT molecular complexity index is 379. The molecule has 0 spiro atoms. The molecule has 0 saturated heterocycles. The van der Waals surface area contributed by atoms with Gasteiger partial charge in [-0.1, -0.05) is 0 Å². The molecule has 0 atom stereocenters. The Morgan fingerprint density at radius 2 is 1.71 bits per heavy atom. The molecule has 0 saturated carbocycles. The van der Waals surface area contributed by atoms with Crippen LogP contribution in [-0.4, -0.2) is 27.3 Å². The van der Waals surface area contributed by atoms with E-state index in [1.807, 2.05) is 0 Å². The van der Waals surface area contributed by atoms with Crippen molar-refractivity contribution < 1.29 is 55.9 Å². The van der Waals surface area contributed by atoms with E-state index in [1.54, 1.807) is 0 Å². The number of carboxylic acid groups (broad SMARTS) is 2. The molecular formula is C8H7NaO5. The molecule has 3 N–H and O–H groups in total. The van der Waals surface area contributed by atoms with Gasteiger partial charge in [0.25, 0.3) is 0 Å². The van der Waals surface area contributed by atoms with E-state index in [2.05, 4.69) is 0 Å². The number of carbonyl (C=O) groups is 2. The molecule has 1 aromatic carbocycles. The fourth-order valence-electron chi connectivity index (χ4n) is 0.846. The number of benzene rings is 1. The first kappa shape index (κ1) is 13.0. The van der Waals surface area contributed by atoms with Gasteiger partial charge in [-0.2, -0.15) is 0 Å². The summed E-state index contributed by atoms with van der Waals surface area (Å²) in [5.41, 5.74) is -0.465. The summed E-state index contributed by atoms with van der Waals surface area (Å²) < 4.78 is 0. The van der Waals surface area contributed by atoms with Crippen molar-refractivity contribution in [3.8, 4) is 5.75 Å². The fourth-order valence-corrected chi connectivity index (χ4v) is 0.846. The Morgan fingerprint density at radius 3 is 2.07 bits per heavy atom. The second-order valence-electron chi connectivity index (χ2n) is 2.34. The summed E-state index contributed by atoms with van der Waals surface area (Å²) >= 11 is 0. The summed E-state index contributed by atoms with van der Waals surface area (Å²) in [6.45, 7) is 0. The van der Waals surface area contributed by atoms with Gasteiger partial charge in [0.1, 0.15) is 11.3 Å². The van der Waals surface area contributed by atoms with Crippen LogP contribution >= 0.6 is 0 Å². The summed E-state index contributed by atoms with van der Waals surface area (Å²) in [5, 5.41) is 26.0. The maximum Gasteiger partial charge on any atom is 1.00 e. The van der Waals surface area contributed by atoms with Gasteiger partial charge in [-0.25, -0.2) is 9.59 Å². The topological polar surface area (TPSA) is 94.8 Å². The van der Waals surface area contributed by atoms with Crippen LogP contribution in [0.25, 0.3) is 0 Å². The molecular weight excluding hydrogens is 199 g/mol. The number of rotatable bonds is 2. The van der Waals surface area contributed by atoms with Crippen molar-refractivity contribution in [2.45, 2.75) is 0 Å². The van der Waals surface area contributed by atoms with E-state index in [0.29, 0.717) is 0 Å². The average Bonchev–Trinajstić information content (AvgIpc) is 2.03. The summed E-state index contributed by atoms with van der Waals surface area (Å²) in [5.74, 6) is -3.06. The molecule has 70 valence electrons. The van der Waals surface area contributed by atoms with Gasteiger partial charge in [-0.15, -0.1) is 0 Å². The van der Waals surface area contributed by atoms with E-state index >= 15 is 0 Å². The first-order chi connectivity index (χ1) is 6.02. The zero-order valence-electron chi connectivity index (χ0n) is 8.39. The molecule has 0 fully saturated rings. The second kappa shape index (κ2) is 4.99. The SMILES string of the molecule is O=C(O)c1ccc(C(=O)O)c(O)c1.[H-].[Na+]. The number of phenols is 1. The van der Waals surface area contributed by atoms with Crippen LogP contribution in [0.3, 0.4) is 0 Å². The third-order valence-corrected chi connectivity index (χ3v) is 1.48. The number of carboxylic acids is 2. The fraction of sp³-hybridized carbons (Fsp3) is 0. The Kier molecular flexibility index (Phi) is 4.62. The molecule has 6 heteroatoms. The predicted octanol–water partition coefficient (Wildman–Crippen LogP) is -2.09. The maximum atomic E-state index is 10.4. The standard InChI is InChI=1S/C8H6O5.Na.H/c9-6-3-4(7(10)11)1-2-5(6)8(12)13;;/h1-3,9H,(H,10,11)(H,12,13);;/q;+1;-1. The molecule has 0 radical (unpaired) electrons. The Morgan fingerprint density at radius 1 is 1.14 bits per heavy atom. The van der Waals surface area contributed by atoms with Gasteiger partial charge in [-0.3, -0.25) is 0 Å². The molecule has 0 unspecified atom stereocenters. The number of hydrogen-bond donors (Lipinski definition) is 3. The summed E-state index contributed by atoms with van der Waals surface area (Å²) in [6, 6.07) is 3.05. The van der Waals surface area contributed by atoms with Crippen molar-refractivity contribution in [3.05, 3.63) is 29.3 Å². The van der Waals surface area contributed by atoms with Gasteiger partial charge in [-0.05, 0) is 18.2 Å². The molecule has 0 aliphatic heterocycles. The summed E-state index contributed by atoms with van der Waals surface area (Å²) in [4.78, 5) is 20.8. The quantitative estimate of drug-likeness (QED) is 0.482. The predicted molar refractivity (Wildman–Crippen MR) is 43.1 cm³/mol. The van der Waals surface area contributed by atoms with Crippen LogP contribution in [0, 0.1) is 0 Å². The number of aromatic carboxylic acids is 2. The molecule has 0 aliphatic rings. The zero-order chi connectivity index (χ0) is 10.0. The minimum absolute atomic E-state index is 0. The Labute approximate surface area is 103 Å². The monoisotopic (exact) mass is 206 g/mol. The largest absolute Gasteiger partial charge is 1.00 e. The normalized spacial score (nSPS) is 8.86. The smallest absolute Gasteiger partial charge is 1.00 e. The first-order valence-electron chi connectivity index (χ1n) is 3.32. The van der Waals surface area contributed by atoms with Crippen LogP contribution in [0.15, 0.2) is 18.2 Å². The third kappa shape index (κ3) is 2.73. The molecule has 0 heterocycles. The molecule has 1 rings (SSSR count). The van der Waals surface area contributed by atoms with Crippen LogP contribution in [0.5, 0.6) is 5.75 Å². The van der Waals surface area contributed by atoms with Gasteiger partial charge in [0.2, 0.25) is 0 Å². The van der Waals surface area contributed by atoms with Crippen molar-refractivity contribution in [3.63, 3.8) is 0 Å². The van der Waals surface area contributed by atoms with E-state index in [1.165, 1.54) is 0 Å². The van der Waals surface area contributed by atoms with Crippen molar-refractivity contribution in [1.29, 1.82) is 0 Å². The van der Waals surface area contributed by atoms with Gasteiger partial charge >= 0.3 is 41.5 Å². The van der Waals surface area contributed by atoms with Crippen LogP contribution < -0.4 is 29.6 Å². The minimum Gasteiger partial charge on any atom is -1.00 e. The molecule has 14 heavy (non-hydrogen) atoms. The summed E-state index contributed by atoms with van der Waals surface area (Å²) in [7, 11) is 0. The molecule has 0 bridgehead atoms. The average molecular weight is 206 g/mol. The zero-order valence-corrected chi connectivity index (χ0v) is 9.39. The van der Waals surface area contributed by atoms with E-state index in [9.17, 15) is 9.59 Å². The van der Waals surface area contributed by atoms with Gasteiger partial charge in [0.05, 0.1) is 5.56 Å². The molecule has 0 aliphatic carbocycles. The van der Waals surface area contributed by atoms with Crippen LogP contribution in [0.4, 0.5) is 0 Å². The van der Waals surface area contributed by atoms with Gasteiger partial charge in [0, 0.05) is 0 Å². The Balaban J connectivity index is 0. The van der Waals surface area contributed by atoms with Crippen molar-refractivity contribution in [1.82, 2.24) is 0 Å². The summed E-state index contributed by atoms with van der Waals surface area (Å²) in [6.07, 6.45) is 0. The first-order valence-corrected chi connectivity index (χ1v) is 3.32. The van der Waals surface area contributed by atoms with Crippen molar-refractivity contribution in [2.24, 2.45) is 0 Å². The number of aromatic hydroxyl groups is 1. The van der Waals surface area contributed by atoms with E-state index in [-0.39, 0.29) is 42.1 Å². The number of hydrogen-bond acceptors (Lipinski definition) is 3. The van der Waals surface area contributed by atoms with E-state index in [0.717, 1.165) is 18.2 Å². The van der Waals surface area contributed by atoms with E-state index in [4.69, 9.17) is 15.3 Å². The molecule has 0 aromatic heterocycles. The van der Waals surface area contributed by atoms with Crippen LogP contribution in [0.1, 0.15) is 22.1 Å². The van der Waals surface area contributed by atoms with Crippen molar-refractivity contribution >= 4 is 11.9 Å². The maximum absolute atomic E-state index is 10.4. The minimum atomic E-state index is -1.30. The molecule has 5 nitrogen and oxygen atoms in total. The molecule has 0 amide bonds. The van der Waals surface area contributed by atoms with Gasteiger partial charge in [0.15, 0.2) is 0 Å². The second-order valence-corrected chi connectivity index (χ2v) is 2.34.